The summed E-state index contributed by atoms with van der Waals surface area (Å²) >= 11 is 3.50. The second kappa shape index (κ2) is 4.51. The highest BCUT2D eigenvalue weighted by atomic mass is 79.9. The topological polar surface area (TPSA) is 38.5 Å². The lowest BCUT2D eigenvalue weighted by Crippen LogP contribution is -2.50. The summed E-state index contributed by atoms with van der Waals surface area (Å²) in [6.07, 6.45) is 3.09. The maximum absolute atomic E-state index is 6.33. The second-order valence-corrected chi connectivity index (χ2v) is 6.50. The Kier molecular flexibility index (Phi) is 3.12. The van der Waals surface area contributed by atoms with Gasteiger partial charge < -0.3 is 15.4 Å². The van der Waals surface area contributed by atoms with Crippen LogP contribution in [-0.2, 0) is 0 Å². The van der Waals surface area contributed by atoms with Crippen molar-refractivity contribution in [3.63, 3.8) is 0 Å². The maximum Gasteiger partial charge on any atom is 0.126 e. The van der Waals surface area contributed by atoms with Crippen LogP contribution in [0, 0.1) is 0 Å². The molecule has 4 heteroatoms. The molecule has 3 rings (SSSR count). The van der Waals surface area contributed by atoms with Crippen LogP contribution in [0.1, 0.15) is 30.9 Å². The molecule has 0 bridgehead atoms. The minimum atomic E-state index is -0.0419. The van der Waals surface area contributed by atoms with E-state index < -0.39 is 0 Å². The molecule has 0 amide bonds. The van der Waals surface area contributed by atoms with Gasteiger partial charge in [0.25, 0.3) is 0 Å². The van der Waals surface area contributed by atoms with Crippen molar-refractivity contribution < 1.29 is 4.74 Å². The lowest BCUT2D eigenvalue weighted by Gasteiger charge is -2.45. The number of nitrogens with two attached hydrogens (primary N) is 1. The molecule has 98 valence electrons. The minimum absolute atomic E-state index is 0.0419. The highest BCUT2D eigenvalue weighted by Gasteiger charge is 2.41. The van der Waals surface area contributed by atoms with Crippen LogP contribution in [0.25, 0.3) is 0 Å². The number of rotatable bonds is 0. The molecule has 3 nitrogen and oxygen atoms in total. The Morgan fingerprint density at radius 2 is 2.11 bits per heavy atom. The monoisotopic (exact) mass is 310 g/mol. The fourth-order valence-electron chi connectivity index (χ4n) is 3.02. The molecule has 1 atom stereocenters. The van der Waals surface area contributed by atoms with Crippen molar-refractivity contribution in [2.24, 2.45) is 5.73 Å². The third kappa shape index (κ3) is 2.17. The molecule has 1 saturated heterocycles. The maximum atomic E-state index is 6.33. The average Bonchev–Trinajstić information content (AvgIpc) is 2.33. The summed E-state index contributed by atoms with van der Waals surface area (Å²) in [4.78, 5) is 2.36. The van der Waals surface area contributed by atoms with Gasteiger partial charge in [-0.2, -0.15) is 0 Å². The van der Waals surface area contributed by atoms with Gasteiger partial charge in [-0.15, -0.1) is 0 Å². The SMILES string of the molecule is CN1CCC2(CC1)CC(N)c1ccc(Br)cc1O2. The van der Waals surface area contributed by atoms with E-state index >= 15 is 0 Å². The first-order chi connectivity index (χ1) is 8.58. The van der Waals surface area contributed by atoms with E-state index in [1.54, 1.807) is 0 Å². The average molecular weight is 311 g/mol. The Bertz CT molecular complexity index is 455. The van der Waals surface area contributed by atoms with Crippen molar-refractivity contribution in [2.45, 2.75) is 30.9 Å². The van der Waals surface area contributed by atoms with Gasteiger partial charge in [-0.3, -0.25) is 0 Å². The van der Waals surface area contributed by atoms with Gasteiger partial charge in [0.05, 0.1) is 0 Å². The molecule has 2 aliphatic rings. The first-order valence-corrected chi connectivity index (χ1v) is 7.30. The van der Waals surface area contributed by atoms with Gasteiger partial charge in [-0.05, 0) is 32.0 Å². The summed E-state index contributed by atoms with van der Waals surface area (Å²) in [6.45, 7) is 2.19. The molecule has 2 heterocycles. The summed E-state index contributed by atoms with van der Waals surface area (Å²) in [5, 5.41) is 0. The lowest BCUT2D eigenvalue weighted by molar-refractivity contribution is -0.0164. The molecular formula is C14H19BrN2O. The van der Waals surface area contributed by atoms with E-state index in [1.165, 1.54) is 0 Å². The van der Waals surface area contributed by atoms with Gasteiger partial charge in [-0.25, -0.2) is 0 Å². The fraction of sp³-hybridized carbons (Fsp3) is 0.571. The summed E-state index contributed by atoms with van der Waals surface area (Å²) in [5.74, 6) is 0.965. The number of ether oxygens (including phenoxy) is 1. The van der Waals surface area contributed by atoms with E-state index in [0.717, 1.165) is 48.1 Å². The molecule has 18 heavy (non-hydrogen) atoms. The molecule has 2 aliphatic heterocycles. The van der Waals surface area contributed by atoms with Crippen LogP contribution in [0.2, 0.25) is 0 Å². The predicted molar refractivity (Wildman–Crippen MR) is 75.8 cm³/mol. The molecule has 2 N–H and O–H groups in total. The molecule has 0 radical (unpaired) electrons. The smallest absolute Gasteiger partial charge is 0.126 e. The molecule has 1 aromatic rings. The Morgan fingerprint density at radius 1 is 1.39 bits per heavy atom. The van der Waals surface area contributed by atoms with Gasteiger partial charge >= 0.3 is 0 Å². The van der Waals surface area contributed by atoms with E-state index in [4.69, 9.17) is 10.5 Å². The quantitative estimate of drug-likeness (QED) is 0.800. The molecule has 0 aromatic heterocycles. The third-order valence-corrected chi connectivity index (χ3v) is 4.68. The molecule has 1 spiro atoms. The summed E-state index contributed by atoms with van der Waals surface area (Å²) < 4.78 is 7.38. The van der Waals surface area contributed by atoms with Crippen LogP contribution in [0.3, 0.4) is 0 Å². The van der Waals surface area contributed by atoms with Gasteiger partial charge in [0.2, 0.25) is 0 Å². The van der Waals surface area contributed by atoms with Crippen LogP contribution in [0.15, 0.2) is 22.7 Å². The Balaban J connectivity index is 1.90. The highest BCUT2D eigenvalue weighted by molar-refractivity contribution is 9.10. The number of hydrogen-bond acceptors (Lipinski definition) is 3. The van der Waals surface area contributed by atoms with Crippen molar-refractivity contribution in [3.05, 3.63) is 28.2 Å². The second-order valence-electron chi connectivity index (χ2n) is 5.58. The standard InChI is InChI=1S/C14H19BrN2O/c1-17-6-4-14(5-7-17)9-12(16)11-3-2-10(15)8-13(11)18-14/h2-3,8,12H,4-7,9,16H2,1H3. The zero-order chi connectivity index (χ0) is 12.8. The number of fused-ring (bicyclic) bond motifs is 1. The Labute approximate surface area is 116 Å². The highest BCUT2D eigenvalue weighted by Crippen LogP contribution is 2.43. The van der Waals surface area contributed by atoms with Crippen LogP contribution >= 0.6 is 15.9 Å². The van der Waals surface area contributed by atoms with E-state index in [-0.39, 0.29) is 11.6 Å². The van der Waals surface area contributed by atoms with Gasteiger partial charge in [0.1, 0.15) is 11.4 Å². The van der Waals surface area contributed by atoms with Crippen molar-refractivity contribution in [1.29, 1.82) is 0 Å². The summed E-state index contributed by atoms with van der Waals surface area (Å²) in [6, 6.07) is 6.26. The van der Waals surface area contributed by atoms with Crippen molar-refractivity contribution in [3.8, 4) is 5.75 Å². The van der Waals surface area contributed by atoms with Gasteiger partial charge in [0, 0.05) is 35.6 Å². The Morgan fingerprint density at radius 3 is 2.83 bits per heavy atom. The molecular weight excluding hydrogens is 292 g/mol. The largest absolute Gasteiger partial charge is 0.487 e. The zero-order valence-electron chi connectivity index (χ0n) is 10.7. The fourth-order valence-corrected chi connectivity index (χ4v) is 3.36. The number of likely N-dealkylation sites (tertiary alicyclic amines) is 1. The van der Waals surface area contributed by atoms with E-state index in [2.05, 4.69) is 40.0 Å². The van der Waals surface area contributed by atoms with Crippen LogP contribution in [0.5, 0.6) is 5.75 Å². The Hall–Kier alpha value is -0.580. The van der Waals surface area contributed by atoms with Crippen LogP contribution in [-0.4, -0.2) is 30.6 Å². The van der Waals surface area contributed by atoms with Crippen LogP contribution in [0.4, 0.5) is 0 Å². The van der Waals surface area contributed by atoms with Gasteiger partial charge in [-0.1, -0.05) is 22.0 Å². The molecule has 0 saturated carbocycles. The number of hydrogen-bond donors (Lipinski definition) is 1. The summed E-state index contributed by atoms with van der Waals surface area (Å²) in [7, 11) is 2.17. The van der Waals surface area contributed by atoms with E-state index in [0.29, 0.717) is 0 Å². The van der Waals surface area contributed by atoms with Gasteiger partial charge in [0.15, 0.2) is 0 Å². The number of benzene rings is 1. The van der Waals surface area contributed by atoms with Crippen molar-refractivity contribution >= 4 is 15.9 Å². The molecule has 0 aliphatic carbocycles. The summed E-state index contributed by atoms with van der Waals surface area (Å²) in [5.41, 5.74) is 7.43. The normalized spacial score (nSPS) is 26.7. The first-order valence-electron chi connectivity index (χ1n) is 6.51. The molecule has 1 fully saturated rings. The van der Waals surface area contributed by atoms with Crippen LogP contribution < -0.4 is 10.5 Å². The first kappa shape index (κ1) is 12.5. The van der Waals surface area contributed by atoms with Crippen molar-refractivity contribution in [2.75, 3.05) is 20.1 Å². The molecule has 1 aromatic carbocycles. The number of piperidine rings is 1. The predicted octanol–water partition coefficient (Wildman–Crippen LogP) is 2.70. The lowest BCUT2D eigenvalue weighted by atomic mass is 9.81. The number of nitrogens with zero attached hydrogens (tertiary/aromatic N) is 1. The van der Waals surface area contributed by atoms with E-state index in [1.807, 2.05) is 6.07 Å². The number of halogens is 1. The van der Waals surface area contributed by atoms with Crippen molar-refractivity contribution in [1.82, 2.24) is 4.90 Å². The van der Waals surface area contributed by atoms with E-state index in [9.17, 15) is 0 Å². The zero-order valence-corrected chi connectivity index (χ0v) is 12.2. The molecule has 1 unspecified atom stereocenters. The third-order valence-electron chi connectivity index (χ3n) is 4.19. The minimum Gasteiger partial charge on any atom is -0.487 e.